The molecular weight excluding hydrogens is 221 g/mol. The van der Waals surface area contributed by atoms with Crippen molar-refractivity contribution in [2.45, 2.75) is 25.4 Å². The van der Waals surface area contributed by atoms with Crippen molar-refractivity contribution in [1.82, 2.24) is 0 Å². The van der Waals surface area contributed by atoms with Crippen molar-refractivity contribution >= 4 is 5.97 Å². The van der Waals surface area contributed by atoms with Gasteiger partial charge in [-0.2, -0.15) is 13.2 Å². The quantitative estimate of drug-likeness (QED) is 0.865. The van der Waals surface area contributed by atoms with Crippen molar-refractivity contribution in [3.8, 4) is 0 Å². The number of aryl methyl sites for hydroxylation is 1. The zero-order valence-electron chi connectivity index (χ0n) is 8.34. The van der Waals surface area contributed by atoms with Crippen LogP contribution in [0, 0.1) is 6.07 Å². The second kappa shape index (κ2) is 5.01. The SMILES string of the molecule is O=C(O)CCCc1cc[c]cc1C(F)(F)F. The van der Waals surface area contributed by atoms with Gasteiger partial charge in [0.15, 0.2) is 0 Å². The maximum Gasteiger partial charge on any atom is 0.416 e. The Kier molecular flexibility index (Phi) is 3.93. The van der Waals surface area contributed by atoms with Crippen LogP contribution in [0.15, 0.2) is 18.2 Å². The van der Waals surface area contributed by atoms with E-state index in [4.69, 9.17) is 5.11 Å². The second-order valence-electron chi connectivity index (χ2n) is 3.33. The predicted molar refractivity (Wildman–Crippen MR) is 50.9 cm³/mol. The molecule has 0 fully saturated rings. The summed E-state index contributed by atoms with van der Waals surface area (Å²) in [5.74, 6) is -1.00. The van der Waals surface area contributed by atoms with Gasteiger partial charge in [0.05, 0.1) is 5.56 Å². The summed E-state index contributed by atoms with van der Waals surface area (Å²) in [7, 11) is 0. The molecule has 0 bridgehead atoms. The molecule has 1 rings (SSSR count). The summed E-state index contributed by atoms with van der Waals surface area (Å²) >= 11 is 0. The number of rotatable bonds is 4. The molecule has 0 unspecified atom stereocenters. The summed E-state index contributed by atoms with van der Waals surface area (Å²) in [4.78, 5) is 10.2. The van der Waals surface area contributed by atoms with Crippen LogP contribution < -0.4 is 0 Å². The van der Waals surface area contributed by atoms with Crippen LogP contribution in [0.25, 0.3) is 0 Å². The Bertz CT molecular complexity index is 372. The molecule has 0 atom stereocenters. The smallest absolute Gasteiger partial charge is 0.416 e. The van der Waals surface area contributed by atoms with Gasteiger partial charge >= 0.3 is 12.1 Å². The molecule has 87 valence electrons. The summed E-state index contributed by atoms with van der Waals surface area (Å²) in [5.41, 5.74) is -0.618. The molecule has 2 nitrogen and oxygen atoms in total. The fourth-order valence-corrected chi connectivity index (χ4v) is 1.37. The standard InChI is InChI=1S/C11H10F3O2/c12-11(13,14)9-6-2-1-4-8(9)5-3-7-10(15)16/h1,4,6H,3,5,7H2,(H,15,16). The first-order valence-electron chi connectivity index (χ1n) is 4.69. The Hall–Kier alpha value is -1.52. The normalized spacial score (nSPS) is 11.4. The summed E-state index contributed by atoms with van der Waals surface area (Å²) in [5, 5.41) is 8.39. The molecule has 1 radical (unpaired) electrons. The van der Waals surface area contributed by atoms with E-state index in [-0.39, 0.29) is 24.8 Å². The minimum absolute atomic E-state index is 0.107. The van der Waals surface area contributed by atoms with Crippen molar-refractivity contribution < 1.29 is 23.1 Å². The molecule has 16 heavy (non-hydrogen) atoms. The maximum absolute atomic E-state index is 12.5. The minimum atomic E-state index is -4.41. The number of alkyl halides is 3. The third-order valence-electron chi connectivity index (χ3n) is 2.10. The van der Waals surface area contributed by atoms with Crippen molar-refractivity contribution in [2.24, 2.45) is 0 Å². The molecule has 5 heteroatoms. The van der Waals surface area contributed by atoms with E-state index in [9.17, 15) is 18.0 Å². The molecule has 0 spiro atoms. The fourth-order valence-electron chi connectivity index (χ4n) is 1.37. The first-order chi connectivity index (χ1) is 7.41. The van der Waals surface area contributed by atoms with Crippen molar-refractivity contribution in [1.29, 1.82) is 0 Å². The van der Waals surface area contributed by atoms with Gasteiger partial charge in [-0.3, -0.25) is 4.79 Å². The van der Waals surface area contributed by atoms with E-state index in [1.54, 1.807) is 0 Å². The zero-order chi connectivity index (χ0) is 12.2. The third-order valence-corrected chi connectivity index (χ3v) is 2.10. The average Bonchev–Trinajstić information content (AvgIpc) is 2.16. The molecular formula is C11H10F3O2. The van der Waals surface area contributed by atoms with Gasteiger partial charge < -0.3 is 5.11 Å². The zero-order valence-corrected chi connectivity index (χ0v) is 8.34. The fraction of sp³-hybridized carbons (Fsp3) is 0.364. The molecule has 0 aliphatic carbocycles. The Morgan fingerprint density at radius 3 is 2.69 bits per heavy atom. The average molecular weight is 231 g/mol. The van der Waals surface area contributed by atoms with Crippen LogP contribution in [0.2, 0.25) is 0 Å². The molecule has 1 aromatic rings. The van der Waals surface area contributed by atoms with Crippen LogP contribution in [-0.2, 0) is 17.4 Å². The van der Waals surface area contributed by atoms with Crippen LogP contribution in [0.5, 0.6) is 0 Å². The highest BCUT2D eigenvalue weighted by molar-refractivity contribution is 5.66. The molecule has 0 saturated carbocycles. The number of hydrogen-bond donors (Lipinski definition) is 1. The van der Waals surface area contributed by atoms with E-state index in [1.807, 2.05) is 0 Å². The van der Waals surface area contributed by atoms with Crippen LogP contribution in [0.3, 0.4) is 0 Å². The van der Waals surface area contributed by atoms with E-state index in [1.165, 1.54) is 12.1 Å². The predicted octanol–water partition coefficient (Wildman–Crippen LogP) is 2.91. The molecule has 0 aromatic heterocycles. The number of carboxylic acids is 1. The van der Waals surface area contributed by atoms with Crippen LogP contribution >= 0.6 is 0 Å². The summed E-state index contributed by atoms with van der Waals surface area (Å²) in [6.07, 6.45) is -4.23. The first-order valence-corrected chi connectivity index (χ1v) is 4.69. The lowest BCUT2D eigenvalue weighted by atomic mass is 10.0. The lowest BCUT2D eigenvalue weighted by Crippen LogP contribution is -2.09. The Morgan fingerprint density at radius 1 is 1.44 bits per heavy atom. The lowest BCUT2D eigenvalue weighted by Gasteiger charge is -2.11. The Balaban J connectivity index is 2.76. The van der Waals surface area contributed by atoms with Gasteiger partial charge in [0, 0.05) is 6.42 Å². The summed E-state index contributed by atoms with van der Waals surface area (Å²) < 4.78 is 37.5. The molecule has 0 saturated heterocycles. The van der Waals surface area contributed by atoms with Crippen LogP contribution in [0.1, 0.15) is 24.0 Å². The molecule has 0 amide bonds. The monoisotopic (exact) mass is 231 g/mol. The van der Waals surface area contributed by atoms with Gasteiger partial charge in [0.1, 0.15) is 0 Å². The topological polar surface area (TPSA) is 37.3 Å². The number of carboxylic acid groups (broad SMARTS) is 1. The molecule has 1 N–H and O–H groups in total. The lowest BCUT2D eigenvalue weighted by molar-refractivity contribution is -0.138. The number of benzene rings is 1. The summed E-state index contributed by atoms with van der Waals surface area (Å²) in [6, 6.07) is 5.97. The number of aliphatic carboxylic acids is 1. The van der Waals surface area contributed by atoms with E-state index in [2.05, 4.69) is 6.07 Å². The van der Waals surface area contributed by atoms with Crippen molar-refractivity contribution in [3.63, 3.8) is 0 Å². The van der Waals surface area contributed by atoms with Crippen LogP contribution in [0.4, 0.5) is 13.2 Å². The van der Waals surface area contributed by atoms with Gasteiger partial charge in [-0.05, 0) is 30.5 Å². The number of hydrogen-bond acceptors (Lipinski definition) is 1. The first kappa shape index (κ1) is 12.5. The third kappa shape index (κ3) is 3.56. The van der Waals surface area contributed by atoms with Gasteiger partial charge in [-0.15, -0.1) is 0 Å². The maximum atomic E-state index is 12.5. The van der Waals surface area contributed by atoms with Crippen molar-refractivity contribution in [2.75, 3.05) is 0 Å². The highest BCUT2D eigenvalue weighted by Crippen LogP contribution is 2.32. The number of carbonyl (C=O) groups is 1. The van der Waals surface area contributed by atoms with Gasteiger partial charge in [0.2, 0.25) is 0 Å². The summed E-state index contributed by atoms with van der Waals surface area (Å²) in [6.45, 7) is 0. The Morgan fingerprint density at radius 2 is 2.12 bits per heavy atom. The highest BCUT2D eigenvalue weighted by Gasteiger charge is 2.32. The van der Waals surface area contributed by atoms with Gasteiger partial charge in [-0.25, -0.2) is 0 Å². The second-order valence-corrected chi connectivity index (χ2v) is 3.33. The van der Waals surface area contributed by atoms with Crippen molar-refractivity contribution in [3.05, 3.63) is 35.4 Å². The van der Waals surface area contributed by atoms with E-state index >= 15 is 0 Å². The molecule has 0 aliphatic heterocycles. The van der Waals surface area contributed by atoms with Gasteiger partial charge in [0.25, 0.3) is 0 Å². The molecule has 0 aliphatic rings. The minimum Gasteiger partial charge on any atom is -0.481 e. The van der Waals surface area contributed by atoms with E-state index in [0.717, 1.165) is 6.07 Å². The molecule has 0 heterocycles. The van der Waals surface area contributed by atoms with E-state index in [0.29, 0.717) is 0 Å². The Labute approximate surface area is 90.7 Å². The number of halogens is 3. The largest absolute Gasteiger partial charge is 0.481 e. The van der Waals surface area contributed by atoms with Crippen LogP contribution in [-0.4, -0.2) is 11.1 Å². The van der Waals surface area contributed by atoms with E-state index < -0.39 is 17.7 Å². The highest BCUT2D eigenvalue weighted by atomic mass is 19.4. The molecule has 1 aromatic carbocycles. The van der Waals surface area contributed by atoms with Gasteiger partial charge in [-0.1, -0.05) is 12.1 Å².